The third kappa shape index (κ3) is 4.87. The topological polar surface area (TPSA) is 50.7 Å². The van der Waals surface area contributed by atoms with Gasteiger partial charge in [0.2, 0.25) is 0 Å². The quantitative estimate of drug-likeness (QED) is 0.761. The van der Waals surface area contributed by atoms with E-state index < -0.39 is 6.10 Å². The molecule has 0 saturated heterocycles. The molecule has 0 saturated carbocycles. The summed E-state index contributed by atoms with van der Waals surface area (Å²) in [6, 6.07) is 13.2. The van der Waals surface area contributed by atoms with Crippen molar-refractivity contribution in [1.29, 1.82) is 0 Å². The van der Waals surface area contributed by atoms with E-state index in [-0.39, 0.29) is 5.92 Å². The fourth-order valence-corrected chi connectivity index (χ4v) is 2.74. The van der Waals surface area contributed by atoms with Crippen LogP contribution in [0, 0.1) is 0 Å². The summed E-state index contributed by atoms with van der Waals surface area (Å²) < 4.78 is 10.6. The van der Waals surface area contributed by atoms with Crippen LogP contribution >= 0.6 is 11.6 Å². The summed E-state index contributed by atoms with van der Waals surface area (Å²) in [5.41, 5.74) is 1.96. The maximum atomic E-state index is 10.2. The van der Waals surface area contributed by atoms with Gasteiger partial charge in [0.1, 0.15) is 0 Å². The lowest BCUT2D eigenvalue weighted by Gasteiger charge is -2.17. The molecule has 0 aliphatic rings. The molecular weight excluding hydrogens is 326 g/mol. The van der Waals surface area contributed by atoms with Gasteiger partial charge in [-0.05, 0) is 41.3 Å². The molecule has 2 aromatic carbocycles. The minimum Gasteiger partial charge on any atom is -0.493 e. The van der Waals surface area contributed by atoms with Crippen molar-refractivity contribution in [3.63, 3.8) is 0 Å². The first kappa shape index (κ1) is 18.6. The summed E-state index contributed by atoms with van der Waals surface area (Å²) in [4.78, 5) is 0. The first-order chi connectivity index (χ1) is 11.5. The number of halogens is 1. The highest BCUT2D eigenvalue weighted by molar-refractivity contribution is 6.30. The van der Waals surface area contributed by atoms with E-state index in [9.17, 15) is 5.11 Å². The van der Waals surface area contributed by atoms with E-state index in [0.717, 1.165) is 29.2 Å². The number of benzene rings is 2. The van der Waals surface area contributed by atoms with E-state index >= 15 is 0 Å². The highest BCUT2D eigenvalue weighted by Crippen LogP contribution is 2.30. The Morgan fingerprint density at radius 2 is 1.75 bits per heavy atom. The molecule has 130 valence electrons. The van der Waals surface area contributed by atoms with Crippen LogP contribution < -0.4 is 14.8 Å². The van der Waals surface area contributed by atoms with Crippen LogP contribution in [0.2, 0.25) is 5.02 Å². The molecule has 2 atom stereocenters. The monoisotopic (exact) mass is 349 g/mol. The number of aliphatic hydroxyl groups excluding tert-OH is 1. The Morgan fingerprint density at radius 1 is 1.00 bits per heavy atom. The Morgan fingerprint density at radius 3 is 2.42 bits per heavy atom. The zero-order valence-corrected chi connectivity index (χ0v) is 15.0. The van der Waals surface area contributed by atoms with Crippen LogP contribution in [0.4, 0.5) is 0 Å². The van der Waals surface area contributed by atoms with Gasteiger partial charge in [-0.25, -0.2) is 0 Å². The van der Waals surface area contributed by atoms with Crippen molar-refractivity contribution in [2.45, 2.75) is 18.9 Å². The van der Waals surface area contributed by atoms with Gasteiger partial charge in [-0.15, -0.1) is 0 Å². The van der Waals surface area contributed by atoms with Gasteiger partial charge in [0.25, 0.3) is 0 Å². The molecule has 0 bridgehead atoms. The lowest BCUT2D eigenvalue weighted by molar-refractivity contribution is 0.174. The second-order valence-electron chi connectivity index (χ2n) is 5.74. The molecular formula is C19H24ClNO3. The molecule has 2 rings (SSSR count). The lowest BCUT2D eigenvalue weighted by atomic mass is 10.0. The predicted octanol–water partition coefficient (Wildman–Crippen LogP) is 3.78. The van der Waals surface area contributed by atoms with Crippen LogP contribution in [0.15, 0.2) is 42.5 Å². The molecule has 2 N–H and O–H groups in total. The average Bonchev–Trinajstić information content (AvgIpc) is 2.60. The molecule has 0 aromatic heterocycles. The van der Waals surface area contributed by atoms with Gasteiger partial charge in [0, 0.05) is 18.1 Å². The van der Waals surface area contributed by atoms with Crippen LogP contribution in [-0.2, 0) is 0 Å². The lowest BCUT2D eigenvalue weighted by Crippen LogP contribution is -2.25. The van der Waals surface area contributed by atoms with E-state index in [1.165, 1.54) is 0 Å². The highest BCUT2D eigenvalue weighted by Gasteiger charge is 2.12. The maximum Gasteiger partial charge on any atom is 0.160 e. The molecule has 0 fully saturated rings. The van der Waals surface area contributed by atoms with E-state index in [0.29, 0.717) is 11.6 Å². The predicted molar refractivity (Wildman–Crippen MR) is 97.2 cm³/mol. The van der Waals surface area contributed by atoms with Crippen LogP contribution in [0.25, 0.3) is 0 Å². The van der Waals surface area contributed by atoms with Gasteiger partial charge in [0.15, 0.2) is 11.5 Å². The summed E-state index contributed by atoms with van der Waals surface area (Å²) >= 11 is 5.95. The minimum absolute atomic E-state index is 0.274. The summed E-state index contributed by atoms with van der Waals surface area (Å²) in [7, 11) is 3.26. The number of nitrogens with one attached hydrogen (secondary N) is 1. The second kappa shape index (κ2) is 8.92. The molecule has 24 heavy (non-hydrogen) atoms. The number of hydrogen-bond acceptors (Lipinski definition) is 4. The Bertz CT molecular complexity index is 663. The molecule has 0 unspecified atom stereocenters. The van der Waals surface area contributed by atoms with Crippen molar-refractivity contribution < 1.29 is 14.6 Å². The third-order valence-electron chi connectivity index (χ3n) is 4.00. The van der Waals surface area contributed by atoms with E-state index in [2.05, 4.69) is 12.2 Å². The van der Waals surface area contributed by atoms with Gasteiger partial charge in [-0.1, -0.05) is 36.7 Å². The van der Waals surface area contributed by atoms with Gasteiger partial charge < -0.3 is 19.9 Å². The van der Waals surface area contributed by atoms with E-state index in [4.69, 9.17) is 21.1 Å². The Labute approximate surface area is 148 Å². The Balaban J connectivity index is 1.90. The SMILES string of the molecule is COc1ccc([C@@H](C)CNC[C@H](O)c2cccc(Cl)c2)cc1OC. The maximum absolute atomic E-state index is 10.2. The number of rotatable bonds is 8. The van der Waals surface area contributed by atoms with Crippen LogP contribution in [-0.4, -0.2) is 32.4 Å². The third-order valence-corrected chi connectivity index (χ3v) is 4.23. The molecule has 0 heterocycles. The summed E-state index contributed by atoms with van der Waals surface area (Å²) in [6.45, 7) is 3.34. The van der Waals surface area contributed by atoms with E-state index in [1.807, 2.05) is 30.3 Å². The largest absolute Gasteiger partial charge is 0.493 e. The smallest absolute Gasteiger partial charge is 0.160 e. The number of hydrogen-bond donors (Lipinski definition) is 2. The van der Waals surface area contributed by atoms with Gasteiger partial charge in [-0.3, -0.25) is 0 Å². The van der Waals surface area contributed by atoms with Gasteiger partial charge in [0.05, 0.1) is 20.3 Å². The van der Waals surface area contributed by atoms with Crippen LogP contribution in [0.1, 0.15) is 30.1 Å². The van der Waals surface area contributed by atoms with Gasteiger partial charge in [-0.2, -0.15) is 0 Å². The first-order valence-corrected chi connectivity index (χ1v) is 8.29. The first-order valence-electron chi connectivity index (χ1n) is 7.91. The molecule has 0 aliphatic carbocycles. The molecule has 5 heteroatoms. The minimum atomic E-state index is -0.582. The second-order valence-corrected chi connectivity index (χ2v) is 6.18. The van der Waals surface area contributed by atoms with Crippen molar-refractivity contribution >= 4 is 11.6 Å². The number of ether oxygens (including phenoxy) is 2. The molecule has 0 spiro atoms. The Kier molecular flexibility index (Phi) is 6.91. The molecule has 2 aromatic rings. The number of methoxy groups -OCH3 is 2. The van der Waals surface area contributed by atoms with Crippen LogP contribution in [0.5, 0.6) is 11.5 Å². The van der Waals surface area contributed by atoms with Crippen molar-refractivity contribution in [2.75, 3.05) is 27.3 Å². The fourth-order valence-electron chi connectivity index (χ4n) is 2.55. The number of aliphatic hydroxyl groups is 1. The molecule has 4 nitrogen and oxygen atoms in total. The normalized spacial score (nSPS) is 13.4. The van der Waals surface area contributed by atoms with Crippen LogP contribution in [0.3, 0.4) is 0 Å². The summed E-state index contributed by atoms with van der Waals surface area (Å²) in [5, 5.41) is 14.2. The van der Waals surface area contributed by atoms with Gasteiger partial charge >= 0.3 is 0 Å². The zero-order chi connectivity index (χ0) is 17.5. The van der Waals surface area contributed by atoms with Crippen molar-refractivity contribution in [3.05, 3.63) is 58.6 Å². The van der Waals surface area contributed by atoms with Crippen molar-refractivity contribution in [3.8, 4) is 11.5 Å². The Hall–Kier alpha value is -1.75. The van der Waals surface area contributed by atoms with Crippen molar-refractivity contribution in [2.24, 2.45) is 0 Å². The van der Waals surface area contributed by atoms with E-state index in [1.54, 1.807) is 26.4 Å². The summed E-state index contributed by atoms with van der Waals surface area (Å²) in [5.74, 6) is 1.72. The zero-order valence-electron chi connectivity index (χ0n) is 14.3. The standard InChI is InChI=1S/C19H24ClNO3/c1-13(14-7-8-18(23-2)19(10-14)24-3)11-21-12-17(22)15-5-4-6-16(20)9-15/h4-10,13,17,21-22H,11-12H2,1-3H3/t13-,17-/m0/s1. The average molecular weight is 350 g/mol. The molecule has 0 aliphatic heterocycles. The summed E-state index contributed by atoms with van der Waals surface area (Å²) in [6.07, 6.45) is -0.582. The molecule has 0 radical (unpaired) electrons. The van der Waals surface area contributed by atoms with Crippen molar-refractivity contribution in [1.82, 2.24) is 5.32 Å². The fraction of sp³-hybridized carbons (Fsp3) is 0.368. The molecule has 0 amide bonds. The highest BCUT2D eigenvalue weighted by atomic mass is 35.5.